The Labute approximate surface area is 116 Å². The lowest BCUT2D eigenvalue weighted by Gasteiger charge is -2.59. The Bertz CT molecular complexity index is 452. The van der Waals surface area contributed by atoms with Crippen LogP contribution in [0.25, 0.3) is 0 Å². The number of hydrogen-bond donors (Lipinski definition) is 0. The summed E-state index contributed by atoms with van der Waals surface area (Å²) in [5.41, 5.74) is 2.60. The Morgan fingerprint density at radius 2 is 2.05 bits per heavy atom. The highest BCUT2D eigenvalue weighted by atomic mass is 16.5. The smallest absolute Gasteiger partial charge is 0.302 e. The van der Waals surface area contributed by atoms with Gasteiger partial charge in [-0.2, -0.15) is 0 Å². The number of hydrogen-bond acceptors (Lipinski definition) is 2. The molecule has 0 N–H and O–H groups in total. The van der Waals surface area contributed by atoms with E-state index in [2.05, 4.69) is 26.8 Å². The summed E-state index contributed by atoms with van der Waals surface area (Å²) in [4.78, 5) is 11.3. The van der Waals surface area contributed by atoms with Crippen molar-refractivity contribution in [2.75, 3.05) is 0 Å². The van der Waals surface area contributed by atoms with E-state index in [1.807, 2.05) is 0 Å². The van der Waals surface area contributed by atoms with E-state index in [0.29, 0.717) is 10.8 Å². The highest BCUT2D eigenvalue weighted by Crippen LogP contribution is 2.69. The Kier molecular flexibility index (Phi) is 2.69. The number of carbonyl (C=O) groups is 1. The van der Waals surface area contributed by atoms with Crippen molar-refractivity contribution in [3.05, 3.63) is 11.6 Å². The lowest BCUT2D eigenvalue weighted by Crippen LogP contribution is -2.54. The topological polar surface area (TPSA) is 26.3 Å². The normalized spacial score (nSPS) is 48.4. The van der Waals surface area contributed by atoms with Crippen molar-refractivity contribution in [3.8, 4) is 0 Å². The maximum Gasteiger partial charge on any atom is 0.302 e. The zero-order valence-electron chi connectivity index (χ0n) is 12.7. The molecule has 2 saturated carbocycles. The van der Waals surface area contributed by atoms with E-state index >= 15 is 0 Å². The molecule has 1 spiro atoms. The molecular weight excluding hydrogens is 236 g/mol. The van der Waals surface area contributed by atoms with Crippen LogP contribution >= 0.6 is 0 Å². The van der Waals surface area contributed by atoms with E-state index in [0.717, 1.165) is 6.42 Å². The molecule has 106 valence electrons. The van der Waals surface area contributed by atoms with Crippen LogP contribution in [-0.4, -0.2) is 12.1 Å². The Hall–Kier alpha value is -0.790. The molecule has 0 heterocycles. The van der Waals surface area contributed by atoms with Crippen LogP contribution in [0.2, 0.25) is 0 Å². The number of rotatable bonds is 1. The zero-order chi connectivity index (χ0) is 13.9. The Morgan fingerprint density at radius 3 is 2.74 bits per heavy atom. The van der Waals surface area contributed by atoms with Crippen LogP contribution in [0.15, 0.2) is 11.6 Å². The maximum atomic E-state index is 11.3. The fourth-order valence-corrected chi connectivity index (χ4v) is 5.39. The summed E-state index contributed by atoms with van der Waals surface area (Å²) >= 11 is 0. The van der Waals surface area contributed by atoms with Crippen LogP contribution in [0.4, 0.5) is 0 Å². The fourth-order valence-electron chi connectivity index (χ4n) is 5.39. The molecule has 0 aliphatic heterocycles. The lowest BCUT2D eigenvalue weighted by atomic mass is 9.46. The van der Waals surface area contributed by atoms with Crippen molar-refractivity contribution < 1.29 is 9.53 Å². The minimum atomic E-state index is -0.115. The first-order chi connectivity index (χ1) is 8.79. The first-order valence-corrected chi connectivity index (χ1v) is 7.64. The molecule has 4 unspecified atom stereocenters. The first-order valence-electron chi connectivity index (χ1n) is 7.64. The third-order valence-electron chi connectivity index (χ3n) is 6.32. The van der Waals surface area contributed by atoms with E-state index in [-0.39, 0.29) is 17.5 Å². The van der Waals surface area contributed by atoms with Crippen LogP contribution < -0.4 is 0 Å². The Morgan fingerprint density at radius 1 is 1.32 bits per heavy atom. The predicted molar refractivity (Wildman–Crippen MR) is 75.7 cm³/mol. The lowest BCUT2D eigenvalue weighted by molar-refractivity contribution is -0.174. The number of fused-ring (bicyclic) bond motifs is 1. The summed E-state index contributed by atoms with van der Waals surface area (Å²) < 4.78 is 5.63. The van der Waals surface area contributed by atoms with Crippen molar-refractivity contribution in [3.63, 3.8) is 0 Å². The third-order valence-corrected chi connectivity index (χ3v) is 6.32. The molecule has 0 aromatic rings. The summed E-state index contributed by atoms with van der Waals surface area (Å²) in [6, 6.07) is 0. The van der Waals surface area contributed by atoms with Crippen molar-refractivity contribution in [2.24, 2.45) is 16.2 Å². The summed E-state index contributed by atoms with van der Waals surface area (Å²) in [6.45, 7) is 8.62. The van der Waals surface area contributed by atoms with Gasteiger partial charge in [0.15, 0.2) is 0 Å². The second kappa shape index (κ2) is 3.86. The molecular formula is C17H26O2. The predicted octanol–water partition coefficient (Wildman–Crippen LogP) is 4.24. The van der Waals surface area contributed by atoms with Gasteiger partial charge in [-0.3, -0.25) is 4.79 Å². The molecule has 2 bridgehead atoms. The van der Waals surface area contributed by atoms with E-state index in [1.54, 1.807) is 12.5 Å². The highest BCUT2D eigenvalue weighted by molar-refractivity contribution is 5.66. The summed E-state index contributed by atoms with van der Waals surface area (Å²) in [5, 5.41) is 0. The number of esters is 1. The van der Waals surface area contributed by atoms with Gasteiger partial charge in [0.25, 0.3) is 0 Å². The van der Waals surface area contributed by atoms with Gasteiger partial charge in [-0.25, -0.2) is 0 Å². The monoisotopic (exact) mass is 262 g/mol. The molecule has 4 atom stereocenters. The van der Waals surface area contributed by atoms with Crippen LogP contribution in [0.1, 0.15) is 66.2 Å². The summed E-state index contributed by atoms with van der Waals surface area (Å²) in [6.07, 6.45) is 9.86. The standard InChI is InChI=1S/C17H26O2/c1-12-9-16(4)8-7-15(3)11-17(16,10-12)6-5-14(15)19-13(2)18/h9,14H,5-8,10-11H2,1-4H3. The quantitative estimate of drug-likeness (QED) is 0.522. The molecule has 2 fully saturated rings. The minimum absolute atomic E-state index is 0.115. The molecule has 0 radical (unpaired) electrons. The van der Waals surface area contributed by atoms with Gasteiger partial charge < -0.3 is 4.74 Å². The highest BCUT2D eigenvalue weighted by Gasteiger charge is 2.61. The van der Waals surface area contributed by atoms with E-state index < -0.39 is 0 Å². The van der Waals surface area contributed by atoms with Crippen LogP contribution in [0, 0.1) is 16.2 Å². The van der Waals surface area contributed by atoms with Crippen LogP contribution in [0.3, 0.4) is 0 Å². The van der Waals surface area contributed by atoms with Gasteiger partial charge in [0.2, 0.25) is 0 Å². The van der Waals surface area contributed by atoms with Gasteiger partial charge >= 0.3 is 5.97 Å². The van der Waals surface area contributed by atoms with E-state index in [4.69, 9.17) is 4.74 Å². The van der Waals surface area contributed by atoms with Gasteiger partial charge in [0.05, 0.1) is 0 Å². The number of ether oxygens (including phenoxy) is 1. The van der Waals surface area contributed by atoms with Crippen molar-refractivity contribution in [1.82, 2.24) is 0 Å². The van der Waals surface area contributed by atoms with E-state index in [1.165, 1.54) is 32.1 Å². The second-order valence-corrected chi connectivity index (χ2v) is 7.83. The second-order valence-electron chi connectivity index (χ2n) is 7.83. The van der Waals surface area contributed by atoms with Crippen molar-refractivity contribution in [1.29, 1.82) is 0 Å². The van der Waals surface area contributed by atoms with Gasteiger partial charge in [0.1, 0.15) is 6.10 Å². The Balaban J connectivity index is 1.89. The molecule has 0 aromatic heterocycles. The molecule has 3 aliphatic rings. The summed E-state index contributed by atoms with van der Waals surface area (Å²) in [7, 11) is 0. The fraction of sp³-hybridized carbons (Fsp3) is 0.824. The molecule has 3 rings (SSSR count). The first kappa shape index (κ1) is 13.2. The van der Waals surface area contributed by atoms with Gasteiger partial charge in [-0.1, -0.05) is 25.5 Å². The van der Waals surface area contributed by atoms with Crippen molar-refractivity contribution in [2.45, 2.75) is 72.3 Å². The van der Waals surface area contributed by atoms with Gasteiger partial charge in [-0.15, -0.1) is 0 Å². The van der Waals surface area contributed by atoms with Crippen molar-refractivity contribution >= 4 is 5.97 Å². The average Bonchev–Trinajstić information content (AvgIpc) is 2.53. The molecule has 2 heteroatoms. The molecule has 0 aromatic carbocycles. The minimum Gasteiger partial charge on any atom is -0.462 e. The zero-order valence-corrected chi connectivity index (χ0v) is 12.7. The molecule has 2 nitrogen and oxygen atoms in total. The number of carbonyl (C=O) groups excluding carboxylic acids is 1. The molecule has 0 saturated heterocycles. The van der Waals surface area contributed by atoms with E-state index in [9.17, 15) is 4.79 Å². The average molecular weight is 262 g/mol. The molecule has 19 heavy (non-hydrogen) atoms. The number of allylic oxidation sites excluding steroid dienone is 2. The SMILES string of the molecule is CC(=O)OC1CCC23CC(C)=CC2(C)CCC1(C)C3. The van der Waals surface area contributed by atoms with Gasteiger partial charge in [-0.05, 0) is 56.3 Å². The third kappa shape index (κ3) is 1.79. The molecule has 0 amide bonds. The molecule has 3 aliphatic carbocycles. The summed E-state index contributed by atoms with van der Waals surface area (Å²) in [5.74, 6) is -0.115. The van der Waals surface area contributed by atoms with Crippen LogP contribution in [0.5, 0.6) is 0 Å². The van der Waals surface area contributed by atoms with Gasteiger partial charge in [0, 0.05) is 12.3 Å². The maximum absolute atomic E-state index is 11.3. The van der Waals surface area contributed by atoms with Crippen LogP contribution in [-0.2, 0) is 9.53 Å². The largest absolute Gasteiger partial charge is 0.462 e.